The normalized spacial score (nSPS) is 12.4. The van der Waals surface area contributed by atoms with Gasteiger partial charge in [-0.3, -0.25) is 4.98 Å². The summed E-state index contributed by atoms with van der Waals surface area (Å²) < 4.78 is 0. The number of nitrogens with two attached hydrogens (primary N) is 2. The number of pyridine rings is 2. The van der Waals surface area contributed by atoms with E-state index in [1.54, 1.807) is 6.20 Å². The van der Waals surface area contributed by atoms with Gasteiger partial charge in [0.1, 0.15) is 5.82 Å². The van der Waals surface area contributed by atoms with Gasteiger partial charge < -0.3 is 11.5 Å². The second-order valence-electron chi connectivity index (χ2n) is 4.58. The number of aromatic nitrogens is 2. The third-order valence-electron chi connectivity index (χ3n) is 2.83. The fourth-order valence-corrected chi connectivity index (χ4v) is 2.07. The summed E-state index contributed by atoms with van der Waals surface area (Å²) >= 11 is 0. The fourth-order valence-electron chi connectivity index (χ4n) is 2.07. The van der Waals surface area contributed by atoms with E-state index in [-0.39, 0.29) is 6.04 Å². The van der Waals surface area contributed by atoms with Crippen LogP contribution < -0.4 is 11.5 Å². The molecule has 1 unspecified atom stereocenters. The zero-order chi connectivity index (χ0) is 13.1. The first-order chi connectivity index (χ1) is 8.54. The summed E-state index contributed by atoms with van der Waals surface area (Å²) in [4.78, 5) is 8.33. The highest BCUT2D eigenvalue weighted by Gasteiger charge is 2.09. The van der Waals surface area contributed by atoms with Crippen LogP contribution in [0.2, 0.25) is 0 Å². The molecule has 0 saturated carbocycles. The second kappa shape index (κ2) is 5.14. The molecule has 0 aliphatic carbocycles. The van der Waals surface area contributed by atoms with E-state index in [9.17, 15) is 0 Å². The van der Waals surface area contributed by atoms with Crippen LogP contribution in [-0.2, 0) is 6.42 Å². The second-order valence-corrected chi connectivity index (χ2v) is 4.58. The Morgan fingerprint density at radius 2 is 1.83 bits per heavy atom. The zero-order valence-electron chi connectivity index (χ0n) is 10.7. The van der Waals surface area contributed by atoms with Gasteiger partial charge in [0.2, 0.25) is 0 Å². The van der Waals surface area contributed by atoms with Crippen molar-refractivity contribution in [1.82, 2.24) is 9.97 Å². The molecule has 0 aromatic carbocycles. The van der Waals surface area contributed by atoms with E-state index in [1.807, 2.05) is 38.1 Å². The third-order valence-corrected chi connectivity index (χ3v) is 2.83. The summed E-state index contributed by atoms with van der Waals surface area (Å²) in [6.45, 7) is 3.96. The van der Waals surface area contributed by atoms with Crippen molar-refractivity contribution in [3.63, 3.8) is 0 Å². The highest BCUT2D eigenvalue weighted by Crippen LogP contribution is 2.18. The van der Waals surface area contributed by atoms with Crippen molar-refractivity contribution in [1.29, 1.82) is 0 Å². The molecule has 94 valence electrons. The summed E-state index contributed by atoms with van der Waals surface area (Å²) in [5, 5.41) is 0. The van der Waals surface area contributed by atoms with Gasteiger partial charge in [-0.2, -0.15) is 0 Å². The Hall–Kier alpha value is -1.94. The molecule has 4 nitrogen and oxygen atoms in total. The molecule has 4 heteroatoms. The van der Waals surface area contributed by atoms with Crippen LogP contribution >= 0.6 is 0 Å². The first-order valence-electron chi connectivity index (χ1n) is 5.96. The number of hydrogen-bond acceptors (Lipinski definition) is 4. The van der Waals surface area contributed by atoms with Crippen molar-refractivity contribution in [3.05, 3.63) is 53.0 Å². The lowest BCUT2D eigenvalue weighted by atomic mass is 10.00. The number of hydrogen-bond donors (Lipinski definition) is 2. The van der Waals surface area contributed by atoms with E-state index in [0.717, 1.165) is 28.9 Å². The topological polar surface area (TPSA) is 77.8 Å². The van der Waals surface area contributed by atoms with Crippen molar-refractivity contribution in [2.45, 2.75) is 26.3 Å². The van der Waals surface area contributed by atoms with Crippen LogP contribution in [0, 0.1) is 13.8 Å². The van der Waals surface area contributed by atoms with Gasteiger partial charge in [0.15, 0.2) is 0 Å². The standard InChI is InChI=1S/C14H18N4/c1-9-5-12(6-10(2)18-9)13(15)7-11-3-4-17-14(16)8-11/h3-6,8,13H,7,15H2,1-2H3,(H2,16,17). The first-order valence-corrected chi connectivity index (χ1v) is 5.96. The molecule has 0 spiro atoms. The fraction of sp³-hybridized carbons (Fsp3) is 0.286. The average molecular weight is 242 g/mol. The van der Waals surface area contributed by atoms with E-state index in [4.69, 9.17) is 11.5 Å². The minimum atomic E-state index is -0.0489. The number of rotatable bonds is 3. The zero-order valence-corrected chi connectivity index (χ0v) is 10.7. The molecule has 2 aromatic rings. The molecule has 0 aliphatic heterocycles. The van der Waals surface area contributed by atoms with Crippen molar-refractivity contribution in [3.8, 4) is 0 Å². The molecule has 4 N–H and O–H groups in total. The van der Waals surface area contributed by atoms with E-state index >= 15 is 0 Å². The molecule has 2 rings (SSSR count). The highest BCUT2D eigenvalue weighted by molar-refractivity contribution is 5.33. The van der Waals surface area contributed by atoms with Crippen LogP contribution in [0.25, 0.3) is 0 Å². The molecule has 2 aromatic heterocycles. The Kier molecular flexibility index (Phi) is 3.58. The van der Waals surface area contributed by atoms with Gasteiger partial charge in [-0.1, -0.05) is 0 Å². The van der Waals surface area contributed by atoms with Crippen LogP contribution in [0.5, 0.6) is 0 Å². The van der Waals surface area contributed by atoms with Gasteiger partial charge >= 0.3 is 0 Å². The van der Waals surface area contributed by atoms with Crippen LogP contribution in [0.15, 0.2) is 30.5 Å². The number of nitrogen functional groups attached to an aromatic ring is 1. The number of aryl methyl sites for hydroxylation is 2. The lowest BCUT2D eigenvalue weighted by Crippen LogP contribution is -2.14. The average Bonchev–Trinajstić information content (AvgIpc) is 2.27. The maximum Gasteiger partial charge on any atom is 0.123 e. The largest absolute Gasteiger partial charge is 0.384 e. The molecular formula is C14H18N4. The van der Waals surface area contributed by atoms with Crippen LogP contribution in [0.4, 0.5) is 5.82 Å². The van der Waals surface area contributed by atoms with Gasteiger partial charge in [0.25, 0.3) is 0 Å². The van der Waals surface area contributed by atoms with Crippen molar-refractivity contribution < 1.29 is 0 Å². The van der Waals surface area contributed by atoms with Gasteiger partial charge in [-0.05, 0) is 55.7 Å². The molecule has 0 bridgehead atoms. The van der Waals surface area contributed by atoms with Gasteiger partial charge in [-0.25, -0.2) is 4.98 Å². The van der Waals surface area contributed by atoms with Crippen molar-refractivity contribution in [2.24, 2.45) is 5.73 Å². The molecule has 0 radical (unpaired) electrons. The summed E-state index contributed by atoms with van der Waals surface area (Å²) in [6.07, 6.45) is 2.45. The van der Waals surface area contributed by atoms with Gasteiger partial charge in [0, 0.05) is 23.6 Å². The maximum atomic E-state index is 6.23. The summed E-state index contributed by atoms with van der Waals surface area (Å²) in [5.74, 6) is 0.529. The molecule has 0 fully saturated rings. The van der Waals surface area contributed by atoms with Crippen LogP contribution in [-0.4, -0.2) is 9.97 Å². The predicted octanol–water partition coefficient (Wildman–Crippen LogP) is 1.92. The van der Waals surface area contributed by atoms with Crippen LogP contribution in [0.1, 0.15) is 28.6 Å². The Bertz CT molecular complexity index is 531. The highest BCUT2D eigenvalue weighted by atomic mass is 14.8. The Morgan fingerprint density at radius 3 is 2.44 bits per heavy atom. The van der Waals surface area contributed by atoms with Crippen LogP contribution in [0.3, 0.4) is 0 Å². The molecule has 18 heavy (non-hydrogen) atoms. The summed E-state index contributed by atoms with van der Waals surface area (Å²) in [7, 11) is 0. The molecule has 1 atom stereocenters. The van der Waals surface area contributed by atoms with Crippen molar-refractivity contribution >= 4 is 5.82 Å². The predicted molar refractivity (Wildman–Crippen MR) is 73.0 cm³/mol. The lowest BCUT2D eigenvalue weighted by Gasteiger charge is -2.13. The van der Waals surface area contributed by atoms with E-state index < -0.39 is 0 Å². The molecule has 0 amide bonds. The summed E-state index contributed by atoms with van der Waals surface area (Å²) in [6, 6.07) is 7.81. The maximum absolute atomic E-state index is 6.23. The molecule has 2 heterocycles. The third kappa shape index (κ3) is 3.05. The Labute approximate surface area is 107 Å². The molecule has 0 aliphatic rings. The van der Waals surface area contributed by atoms with E-state index in [0.29, 0.717) is 5.82 Å². The monoisotopic (exact) mass is 242 g/mol. The first kappa shape index (κ1) is 12.5. The smallest absolute Gasteiger partial charge is 0.123 e. The van der Waals surface area contributed by atoms with E-state index in [1.165, 1.54) is 0 Å². The lowest BCUT2D eigenvalue weighted by molar-refractivity contribution is 0.717. The molecular weight excluding hydrogens is 224 g/mol. The molecule has 0 saturated heterocycles. The Balaban J connectivity index is 2.19. The van der Waals surface area contributed by atoms with E-state index in [2.05, 4.69) is 9.97 Å². The van der Waals surface area contributed by atoms with Gasteiger partial charge in [-0.15, -0.1) is 0 Å². The van der Waals surface area contributed by atoms with Crippen molar-refractivity contribution in [2.75, 3.05) is 5.73 Å². The Morgan fingerprint density at radius 1 is 1.17 bits per heavy atom. The summed E-state index contributed by atoms with van der Waals surface area (Å²) in [5.41, 5.74) is 16.1. The number of anilines is 1. The number of nitrogens with zero attached hydrogens (tertiary/aromatic N) is 2. The SMILES string of the molecule is Cc1cc(C(N)Cc2ccnc(N)c2)cc(C)n1. The minimum Gasteiger partial charge on any atom is -0.384 e. The van der Waals surface area contributed by atoms with Gasteiger partial charge in [0.05, 0.1) is 0 Å². The minimum absolute atomic E-state index is 0.0489. The quantitative estimate of drug-likeness (QED) is 0.862.